The average molecular weight is 126 g/mol. The fourth-order valence-electron chi connectivity index (χ4n) is 0.799. The van der Waals surface area contributed by atoms with E-state index in [1.165, 1.54) is 10.6 Å². The number of aromatic amines is 1. The van der Waals surface area contributed by atoms with Gasteiger partial charge >= 0.3 is 0 Å². The van der Waals surface area contributed by atoms with Crippen molar-refractivity contribution in [2.75, 3.05) is 11.2 Å². The molecule has 2 N–H and O–H groups in total. The van der Waals surface area contributed by atoms with Gasteiger partial charge in [0.1, 0.15) is 0 Å². The highest BCUT2D eigenvalue weighted by Gasteiger charge is 2.08. The molecule has 1 aromatic rings. The third kappa shape index (κ3) is 0.448. The Labute approximate surface area is 51.7 Å². The number of anilines is 1. The van der Waals surface area contributed by atoms with E-state index in [-0.39, 0.29) is 0 Å². The zero-order valence-corrected chi connectivity index (χ0v) is 5.09. The molecule has 42 valence electrons. The SMILES string of the molecule is c1[nH]cc2c1NCS2. The van der Waals surface area contributed by atoms with Crippen molar-refractivity contribution in [2.24, 2.45) is 0 Å². The van der Waals surface area contributed by atoms with Crippen molar-refractivity contribution < 1.29 is 0 Å². The maximum atomic E-state index is 3.21. The van der Waals surface area contributed by atoms with Crippen molar-refractivity contribution in [1.82, 2.24) is 4.98 Å². The van der Waals surface area contributed by atoms with Crippen LogP contribution in [0.1, 0.15) is 0 Å². The zero-order chi connectivity index (χ0) is 5.40. The summed E-state index contributed by atoms with van der Waals surface area (Å²) < 4.78 is 0. The molecule has 0 bridgehead atoms. The third-order valence-corrected chi connectivity index (χ3v) is 2.14. The second kappa shape index (κ2) is 1.45. The monoisotopic (exact) mass is 126 g/mol. The molecule has 0 saturated heterocycles. The molecule has 0 spiro atoms. The van der Waals surface area contributed by atoms with E-state index >= 15 is 0 Å². The van der Waals surface area contributed by atoms with E-state index in [0.717, 1.165) is 5.88 Å². The first kappa shape index (κ1) is 4.32. The Bertz CT molecular complexity index is 176. The summed E-state index contributed by atoms with van der Waals surface area (Å²) in [5.41, 5.74) is 1.25. The van der Waals surface area contributed by atoms with Gasteiger partial charge in [-0.3, -0.25) is 0 Å². The van der Waals surface area contributed by atoms with Gasteiger partial charge in [-0.25, -0.2) is 0 Å². The Balaban J connectivity index is 2.54. The van der Waals surface area contributed by atoms with E-state index in [1.807, 2.05) is 24.2 Å². The fraction of sp³-hybridized carbons (Fsp3) is 0.200. The minimum atomic E-state index is 1.03. The lowest BCUT2D eigenvalue weighted by molar-refractivity contribution is 1.37. The predicted octanol–water partition coefficient (Wildman–Crippen LogP) is 1.49. The molecule has 2 rings (SSSR count). The Hall–Kier alpha value is -0.570. The summed E-state index contributed by atoms with van der Waals surface area (Å²) in [6.45, 7) is 0. The zero-order valence-electron chi connectivity index (χ0n) is 4.27. The molecule has 1 aliphatic heterocycles. The summed E-state index contributed by atoms with van der Waals surface area (Å²) >= 11 is 1.83. The van der Waals surface area contributed by atoms with E-state index in [1.54, 1.807) is 0 Å². The van der Waals surface area contributed by atoms with E-state index in [0.29, 0.717) is 0 Å². The van der Waals surface area contributed by atoms with Crippen molar-refractivity contribution in [1.29, 1.82) is 0 Å². The quantitative estimate of drug-likeness (QED) is 0.551. The van der Waals surface area contributed by atoms with Crippen molar-refractivity contribution in [3.8, 4) is 0 Å². The Morgan fingerprint density at radius 3 is 3.38 bits per heavy atom. The number of nitrogens with one attached hydrogen (secondary N) is 2. The van der Waals surface area contributed by atoms with Gasteiger partial charge in [-0.1, -0.05) is 0 Å². The topological polar surface area (TPSA) is 27.8 Å². The number of thioether (sulfide) groups is 1. The van der Waals surface area contributed by atoms with Gasteiger partial charge in [-0.05, 0) is 0 Å². The van der Waals surface area contributed by atoms with Crippen LogP contribution in [0.2, 0.25) is 0 Å². The van der Waals surface area contributed by atoms with Gasteiger partial charge < -0.3 is 10.3 Å². The minimum Gasteiger partial charge on any atom is -0.374 e. The van der Waals surface area contributed by atoms with Crippen LogP contribution in [-0.4, -0.2) is 10.9 Å². The summed E-state index contributed by atoms with van der Waals surface area (Å²) in [5, 5.41) is 3.21. The number of aromatic nitrogens is 1. The first-order valence-electron chi connectivity index (χ1n) is 2.50. The van der Waals surface area contributed by atoms with Crippen LogP contribution in [0.4, 0.5) is 5.69 Å². The first-order chi connectivity index (χ1) is 3.97. The van der Waals surface area contributed by atoms with E-state index in [9.17, 15) is 0 Å². The van der Waals surface area contributed by atoms with Gasteiger partial charge in [0.2, 0.25) is 0 Å². The molecule has 0 aromatic carbocycles. The van der Waals surface area contributed by atoms with Gasteiger partial charge in [-0.15, -0.1) is 11.8 Å². The molecule has 0 unspecified atom stereocenters. The minimum absolute atomic E-state index is 1.03. The first-order valence-corrected chi connectivity index (χ1v) is 3.49. The van der Waals surface area contributed by atoms with Crippen LogP contribution in [0.15, 0.2) is 17.3 Å². The van der Waals surface area contributed by atoms with Gasteiger partial charge in [0, 0.05) is 17.3 Å². The molecule has 3 heteroatoms. The van der Waals surface area contributed by atoms with Crippen LogP contribution in [0.5, 0.6) is 0 Å². The summed E-state index contributed by atoms with van der Waals surface area (Å²) in [4.78, 5) is 4.35. The van der Waals surface area contributed by atoms with Gasteiger partial charge in [0.15, 0.2) is 0 Å². The van der Waals surface area contributed by atoms with E-state index in [2.05, 4.69) is 10.3 Å². The molecular weight excluding hydrogens is 120 g/mol. The highest BCUT2D eigenvalue weighted by Crippen LogP contribution is 2.32. The van der Waals surface area contributed by atoms with Gasteiger partial charge in [-0.2, -0.15) is 0 Å². The lowest BCUT2D eigenvalue weighted by Crippen LogP contribution is -1.86. The number of hydrogen-bond donors (Lipinski definition) is 2. The summed E-state index contributed by atoms with van der Waals surface area (Å²) in [7, 11) is 0. The molecule has 0 atom stereocenters. The fourth-order valence-corrected chi connectivity index (χ4v) is 1.62. The van der Waals surface area contributed by atoms with Crippen LogP contribution in [-0.2, 0) is 0 Å². The molecule has 0 aliphatic carbocycles. The number of hydrogen-bond acceptors (Lipinski definition) is 2. The maximum absolute atomic E-state index is 3.21. The van der Waals surface area contributed by atoms with Gasteiger partial charge in [0.25, 0.3) is 0 Å². The van der Waals surface area contributed by atoms with Crippen molar-refractivity contribution in [2.45, 2.75) is 4.90 Å². The third-order valence-electron chi connectivity index (χ3n) is 1.20. The second-order valence-corrected chi connectivity index (χ2v) is 2.72. The standard InChI is InChI=1S/C5H6N2S/c1-4-5(2-6-1)8-3-7-4/h1-2,6-7H,3H2. The molecule has 2 nitrogen and oxygen atoms in total. The lowest BCUT2D eigenvalue weighted by Gasteiger charge is -1.85. The molecule has 0 radical (unpaired) electrons. The van der Waals surface area contributed by atoms with Crippen LogP contribution >= 0.6 is 11.8 Å². The number of fused-ring (bicyclic) bond motifs is 1. The second-order valence-electron chi connectivity index (χ2n) is 1.70. The Morgan fingerprint density at radius 1 is 1.50 bits per heavy atom. The average Bonchev–Trinajstić information content (AvgIpc) is 2.15. The molecule has 0 fully saturated rings. The summed E-state index contributed by atoms with van der Waals surface area (Å²) in [6.07, 6.45) is 4.00. The van der Waals surface area contributed by atoms with Crippen LogP contribution < -0.4 is 5.32 Å². The molecular formula is C5H6N2S. The molecule has 0 amide bonds. The normalized spacial score (nSPS) is 15.5. The number of H-pyrrole nitrogens is 1. The molecule has 0 saturated carbocycles. The van der Waals surface area contributed by atoms with Crippen molar-refractivity contribution in [3.63, 3.8) is 0 Å². The highest BCUT2D eigenvalue weighted by atomic mass is 32.2. The van der Waals surface area contributed by atoms with Crippen LogP contribution in [0.3, 0.4) is 0 Å². The van der Waals surface area contributed by atoms with Crippen LogP contribution in [0, 0.1) is 0 Å². The van der Waals surface area contributed by atoms with E-state index < -0.39 is 0 Å². The summed E-state index contributed by atoms with van der Waals surface area (Å²) in [6, 6.07) is 0. The number of rotatable bonds is 0. The smallest absolute Gasteiger partial charge is 0.0663 e. The largest absolute Gasteiger partial charge is 0.374 e. The Kier molecular flexibility index (Phi) is 0.784. The van der Waals surface area contributed by atoms with Crippen molar-refractivity contribution in [3.05, 3.63) is 12.4 Å². The maximum Gasteiger partial charge on any atom is 0.0663 e. The van der Waals surface area contributed by atoms with Crippen molar-refractivity contribution >= 4 is 17.4 Å². The predicted molar refractivity (Wildman–Crippen MR) is 35.1 cm³/mol. The molecule has 8 heavy (non-hydrogen) atoms. The summed E-state index contributed by atoms with van der Waals surface area (Å²) in [5.74, 6) is 1.03. The van der Waals surface area contributed by atoms with Crippen LogP contribution in [0.25, 0.3) is 0 Å². The molecule has 2 heterocycles. The Morgan fingerprint density at radius 2 is 2.50 bits per heavy atom. The van der Waals surface area contributed by atoms with E-state index in [4.69, 9.17) is 0 Å². The van der Waals surface area contributed by atoms with Gasteiger partial charge in [0.05, 0.1) is 11.6 Å². The molecule has 1 aromatic heterocycles. The lowest BCUT2D eigenvalue weighted by atomic mass is 10.5. The molecule has 1 aliphatic rings. The highest BCUT2D eigenvalue weighted by molar-refractivity contribution is 7.99.